The summed E-state index contributed by atoms with van der Waals surface area (Å²) in [4.78, 5) is 14.0. The third kappa shape index (κ3) is 5.68. The maximum absolute atomic E-state index is 5.43. The number of benzene rings is 9. The molecule has 0 atom stereocenters. The van der Waals surface area contributed by atoms with Crippen LogP contribution in [-0.2, 0) is 0 Å². The van der Waals surface area contributed by atoms with Crippen molar-refractivity contribution >= 4 is 43.1 Å². The molecular weight excluding hydrogens is 691 g/mol. The second-order valence-corrected chi connectivity index (χ2v) is 14.6. The quantitative estimate of drug-likeness (QED) is 0.137. The Morgan fingerprint density at radius 2 is 0.842 bits per heavy atom. The number of aromatic nitrogens is 3. The van der Waals surface area contributed by atoms with Crippen molar-refractivity contribution in [3.05, 3.63) is 207 Å². The third-order valence-electron chi connectivity index (χ3n) is 11.3. The summed E-state index contributed by atoms with van der Waals surface area (Å²) in [5, 5.41) is 9.68. The number of hydrogen-bond acceptors (Lipinski definition) is 2. The Morgan fingerprint density at radius 3 is 1.54 bits per heavy atom. The zero-order chi connectivity index (χ0) is 37.7. The first-order valence-corrected chi connectivity index (χ1v) is 19.4. The highest BCUT2D eigenvalue weighted by atomic mass is 14.9. The van der Waals surface area contributed by atoms with Gasteiger partial charge in [0.15, 0.2) is 5.82 Å². The van der Waals surface area contributed by atoms with E-state index in [4.69, 9.17) is 9.97 Å². The summed E-state index contributed by atoms with van der Waals surface area (Å²) in [6.45, 7) is 0. The van der Waals surface area contributed by atoms with E-state index in [9.17, 15) is 0 Å². The van der Waals surface area contributed by atoms with Gasteiger partial charge in [-0.3, -0.25) is 0 Å². The zero-order valence-corrected chi connectivity index (χ0v) is 31.0. The molecule has 9 aromatic carbocycles. The van der Waals surface area contributed by atoms with Gasteiger partial charge in [0, 0.05) is 29.1 Å². The smallest absolute Gasteiger partial charge is 0.160 e. The molecule has 1 N–H and O–H groups in total. The van der Waals surface area contributed by atoms with E-state index in [1.807, 2.05) is 12.4 Å². The van der Waals surface area contributed by atoms with Gasteiger partial charge in [-0.1, -0.05) is 164 Å². The Kier molecular flexibility index (Phi) is 7.82. The molecule has 0 unspecified atom stereocenters. The minimum Gasteiger partial charge on any atom is -0.367 e. The SMILES string of the molecule is c1ccc(-c2c3ccccc3c(-c3cccc(-c4nc(-c5cccc(-c6cc[nH]c6)c5)cc(-c5cc6ccccc6c6ccccc56)n4)c3)c3ccccc23)cc1. The monoisotopic (exact) mass is 725 g/mol. The lowest BCUT2D eigenvalue weighted by Crippen LogP contribution is -1.97. The van der Waals surface area contributed by atoms with Gasteiger partial charge in [-0.05, 0) is 107 Å². The molecule has 57 heavy (non-hydrogen) atoms. The van der Waals surface area contributed by atoms with Crippen molar-refractivity contribution in [3.63, 3.8) is 0 Å². The molecule has 0 saturated carbocycles. The first-order chi connectivity index (χ1) is 28.3. The Morgan fingerprint density at radius 1 is 0.316 bits per heavy atom. The molecule has 0 spiro atoms. The van der Waals surface area contributed by atoms with Gasteiger partial charge in [0.05, 0.1) is 11.4 Å². The van der Waals surface area contributed by atoms with E-state index in [0.29, 0.717) is 5.82 Å². The van der Waals surface area contributed by atoms with Gasteiger partial charge in [-0.15, -0.1) is 0 Å². The van der Waals surface area contributed by atoms with Crippen LogP contribution in [0.4, 0.5) is 0 Å². The van der Waals surface area contributed by atoms with Gasteiger partial charge in [0.2, 0.25) is 0 Å². The lowest BCUT2D eigenvalue weighted by atomic mass is 9.85. The molecule has 0 saturated heterocycles. The number of rotatable bonds is 6. The highest BCUT2D eigenvalue weighted by molar-refractivity contribution is 6.21. The average Bonchev–Trinajstić information content (AvgIpc) is 3.84. The Labute approximate surface area is 330 Å². The summed E-state index contributed by atoms with van der Waals surface area (Å²) in [5.41, 5.74) is 11.9. The van der Waals surface area contributed by atoms with Crippen LogP contribution in [-0.4, -0.2) is 15.0 Å². The van der Waals surface area contributed by atoms with Crippen LogP contribution >= 0.6 is 0 Å². The minimum absolute atomic E-state index is 0.683. The van der Waals surface area contributed by atoms with Crippen LogP contribution < -0.4 is 0 Å². The minimum atomic E-state index is 0.683. The predicted octanol–water partition coefficient (Wildman–Crippen LogP) is 14.4. The van der Waals surface area contributed by atoms with Crippen LogP contribution in [0, 0.1) is 0 Å². The molecule has 3 nitrogen and oxygen atoms in total. The van der Waals surface area contributed by atoms with E-state index in [1.54, 1.807) is 0 Å². The highest BCUT2D eigenvalue weighted by Crippen LogP contribution is 2.44. The molecule has 3 heteroatoms. The number of fused-ring (bicyclic) bond motifs is 5. The van der Waals surface area contributed by atoms with E-state index >= 15 is 0 Å². The van der Waals surface area contributed by atoms with Crippen molar-refractivity contribution in [1.29, 1.82) is 0 Å². The fraction of sp³-hybridized carbons (Fsp3) is 0. The molecule has 11 rings (SSSR count). The van der Waals surface area contributed by atoms with Crippen molar-refractivity contribution in [3.8, 4) is 67.3 Å². The van der Waals surface area contributed by atoms with Crippen LogP contribution in [0.5, 0.6) is 0 Å². The van der Waals surface area contributed by atoms with Gasteiger partial charge in [0.25, 0.3) is 0 Å². The summed E-state index contributed by atoms with van der Waals surface area (Å²) in [7, 11) is 0. The molecule has 0 radical (unpaired) electrons. The lowest BCUT2D eigenvalue weighted by molar-refractivity contribution is 1.19. The zero-order valence-electron chi connectivity index (χ0n) is 31.0. The van der Waals surface area contributed by atoms with Crippen molar-refractivity contribution in [1.82, 2.24) is 15.0 Å². The summed E-state index contributed by atoms with van der Waals surface area (Å²) < 4.78 is 0. The molecule has 0 aliphatic rings. The molecule has 266 valence electrons. The van der Waals surface area contributed by atoms with Crippen LogP contribution in [0.25, 0.3) is 110 Å². The highest BCUT2D eigenvalue weighted by Gasteiger charge is 2.19. The number of aromatic amines is 1. The van der Waals surface area contributed by atoms with E-state index in [1.165, 1.54) is 54.4 Å². The van der Waals surface area contributed by atoms with Gasteiger partial charge in [-0.2, -0.15) is 0 Å². The normalized spacial score (nSPS) is 11.5. The Bertz CT molecular complexity index is 3230. The Balaban J connectivity index is 1.15. The number of hydrogen-bond donors (Lipinski definition) is 1. The van der Waals surface area contributed by atoms with Gasteiger partial charge < -0.3 is 4.98 Å². The van der Waals surface area contributed by atoms with Crippen LogP contribution in [0.3, 0.4) is 0 Å². The molecule has 0 aliphatic heterocycles. The second kappa shape index (κ2) is 13.6. The van der Waals surface area contributed by atoms with Crippen LogP contribution in [0.15, 0.2) is 207 Å². The fourth-order valence-electron chi connectivity index (χ4n) is 8.66. The molecule has 0 aliphatic carbocycles. The molecule has 11 aromatic rings. The number of nitrogens with zero attached hydrogens (tertiary/aromatic N) is 2. The molecule has 0 fully saturated rings. The Hall–Kier alpha value is -7.62. The summed E-state index contributed by atoms with van der Waals surface area (Å²) >= 11 is 0. The van der Waals surface area contributed by atoms with Gasteiger partial charge >= 0.3 is 0 Å². The lowest BCUT2D eigenvalue weighted by Gasteiger charge is -2.18. The molecule has 2 heterocycles. The van der Waals surface area contributed by atoms with Crippen molar-refractivity contribution < 1.29 is 0 Å². The summed E-state index contributed by atoms with van der Waals surface area (Å²) in [5.74, 6) is 0.683. The van der Waals surface area contributed by atoms with Crippen molar-refractivity contribution in [2.75, 3.05) is 0 Å². The van der Waals surface area contributed by atoms with E-state index < -0.39 is 0 Å². The first kappa shape index (κ1) is 32.8. The van der Waals surface area contributed by atoms with E-state index in [0.717, 1.165) is 50.2 Å². The van der Waals surface area contributed by atoms with Crippen molar-refractivity contribution in [2.45, 2.75) is 0 Å². The molecule has 0 amide bonds. The van der Waals surface area contributed by atoms with Crippen LogP contribution in [0.1, 0.15) is 0 Å². The number of nitrogens with one attached hydrogen (secondary N) is 1. The van der Waals surface area contributed by atoms with Crippen molar-refractivity contribution in [2.24, 2.45) is 0 Å². The molecular formula is C54H35N3. The van der Waals surface area contributed by atoms with E-state index in [-0.39, 0.29) is 0 Å². The average molecular weight is 726 g/mol. The van der Waals surface area contributed by atoms with Gasteiger partial charge in [-0.25, -0.2) is 9.97 Å². The molecule has 0 bridgehead atoms. The fourth-order valence-corrected chi connectivity index (χ4v) is 8.66. The second-order valence-electron chi connectivity index (χ2n) is 14.6. The maximum Gasteiger partial charge on any atom is 0.160 e. The van der Waals surface area contributed by atoms with E-state index in [2.05, 4.69) is 199 Å². The number of H-pyrrole nitrogens is 1. The standard InChI is InChI=1S/C54H35N3/c1-2-14-35(15-3-1)52-45-24-8-10-26-47(45)53(48-27-11-9-25-46(48)52)39-19-13-20-40(31-39)54-56-50(38-18-12-17-36(30-38)41-28-29-55-34-41)33-51(57-54)49-32-37-16-4-5-21-42(37)43-22-6-7-23-44(43)49/h1-34,55H. The largest absolute Gasteiger partial charge is 0.367 e. The summed E-state index contributed by atoms with van der Waals surface area (Å²) in [6.07, 6.45) is 3.99. The van der Waals surface area contributed by atoms with Gasteiger partial charge in [0.1, 0.15) is 0 Å². The third-order valence-corrected chi connectivity index (χ3v) is 11.3. The summed E-state index contributed by atoms with van der Waals surface area (Å²) in [6, 6.07) is 69.6. The topological polar surface area (TPSA) is 41.6 Å². The predicted molar refractivity (Wildman–Crippen MR) is 239 cm³/mol. The molecule has 2 aromatic heterocycles. The maximum atomic E-state index is 5.43. The first-order valence-electron chi connectivity index (χ1n) is 19.4. The van der Waals surface area contributed by atoms with Crippen LogP contribution in [0.2, 0.25) is 0 Å².